The van der Waals surface area contributed by atoms with Crippen molar-refractivity contribution >= 4 is 0 Å². The van der Waals surface area contributed by atoms with E-state index in [-0.39, 0.29) is 19.2 Å². The molecule has 5 heteroatoms. The quantitative estimate of drug-likeness (QED) is 0.824. The molecule has 0 aliphatic carbocycles. The molecule has 0 radical (unpaired) electrons. The highest BCUT2D eigenvalue weighted by molar-refractivity contribution is 5.60. The van der Waals surface area contributed by atoms with Crippen LogP contribution in [0.3, 0.4) is 0 Å². The molecule has 0 aliphatic rings. The first-order valence-corrected chi connectivity index (χ1v) is 6.23. The predicted molar refractivity (Wildman–Crippen MR) is 72.9 cm³/mol. The topological polar surface area (TPSA) is 51.6 Å². The van der Waals surface area contributed by atoms with E-state index in [2.05, 4.69) is 4.98 Å². The summed E-state index contributed by atoms with van der Waals surface area (Å²) in [4.78, 5) is 4.28. The van der Waals surface area contributed by atoms with Gasteiger partial charge in [-0.05, 0) is 24.1 Å². The second kappa shape index (κ2) is 6.98. The Morgan fingerprint density at radius 1 is 1.25 bits per heavy atom. The number of ether oxygens (including phenoxy) is 2. The van der Waals surface area contributed by atoms with Crippen molar-refractivity contribution in [3.8, 4) is 17.1 Å². The second-order valence-electron chi connectivity index (χ2n) is 4.19. The summed E-state index contributed by atoms with van der Waals surface area (Å²) in [5.41, 5.74) is 1.77. The molecule has 0 amide bonds. The van der Waals surface area contributed by atoms with Gasteiger partial charge in [0.2, 0.25) is 5.88 Å². The molecule has 1 aromatic carbocycles. The van der Waals surface area contributed by atoms with Crippen molar-refractivity contribution in [1.29, 1.82) is 0 Å². The normalized spacial score (nSPS) is 10.6. The number of benzene rings is 1. The van der Waals surface area contributed by atoms with Crippen LogP contribution >= 0.6 is 0 Å². The molecule has 0 spiro atoms. The van der Waals surface area contributed by atoms with Gasteiger partial charge in [-0.3, -0.25) is 0 Å². The highest BCUT2D eigenvalue weighted by Crippen LogP contribution is 2.22. The lowest BCUT2D eigenvalue weighted by molar-refractivity contribution is 0.0479. The van der Waals surface area contributed by atoms with Gasteiger partial charge in [-0.15, -0.1) is 0 Å². The summed E-state index contributed by atoms with van der Waals surface area (Å²) in [6.07, 6.45) is 0.302. The van der Waals surface area contributed by atoms with Gasteiger partial charge in [0.1, 0.15) is 5.82 Å². The van der Waals surface area contributed by atoms with Crippen molar-refractivity contribution in [2.24, 2.45) is 0 Å². The molecule has 0 saturated heterocycles. The SMILES string of the molecule is COCOc1cccc(-c2ccc(CCO)c(F)c2)n1. The third-order valence-corrected chi connectivity index (χ3v) is 2.78. The van der Waals surface area contributed by atoms with Gasteiger partial charge in [0.15, 0.2) is 6.79 Å². The molecule has 0 bridgehead atoms. The van der Waals surface area contributed by atoms with Crippen LogP contribution in [0.15, 0.2) is 36.4 Å². The zero-order valence-corrected chi connectivity index (χ0v) is 11.2. The van der Waals surface area contributed by atoms with Gasteiger partial charge in [0, 0.05) is 25.3 Å². The van der Waals surface area contributed by atoms with Crippen molar-refractivity contribution < 1.29 is 19.0 Å². The van der Waals surface area contributed by atoms with Gasteiger partial charge in [-0.2, -0.15) is 0 Å². The Bertz CT molecular complexity index is 575. The molecular weight excluding hydrogens is 261 g/mol. The van der Waals surface area contributed by atoms with Crippen LogP contribution in [0, 0.1) is 5.82 Å². The monoisotopic (exact) mass is 277 g/mol. The number of nitrogens with zero attached hydrogens (tertiary/aromatic N) is 1. The molecule has 1 N–H and O–H groups in total. The molecule has 0 atom stereocenters. The minimum absolute atomic E-state index is 0.0745. The Balaban J connectivity index is 2.24. The van der Waals surface area contributed by atoms with Crippen molar-refractivity contribution in [2.45, 2.75) is 6.42 Å². The van der Waals surface area contributed by atoms with E-state index in [4.69, 9.17) is 14.6 Å². The number of hydrogen-bond acceptors (Lipinski definition) is 4. The van der Waals surface area contributed by atoms with Crippen molar-refractivity contribution in [2.75, 3.05) is 20.5 Å². The van der Waals surface area contributed by atoms with Crippen LogP contribution in [0.4, 0.5) is 4.39 Å². The maximum Gasteiger partial charge on any atom is 0.216 e. The van der Waals surface area contributed by atoms with E-state index in [9.17, 15) is 4.39 Å². The molecule has 2 rings (SSSR count). The Morgan fingerprint density at radius 2 is 2.10 bits per heavy atom. The average Bonchev–Trinajstić information content (AvgIpc) is 2.48. The summed E-state index contributed by atoms with van der Waals surface area (Å²) < 4.78 is 23.9. The lowest BCUT2D eigenvalue weighted by Gasteiger charge is -2.07. The molecule has 1 aromatic heterocycles. The lowest BCUT2D eigenvalue weighted by Crippen LogP contribution is -2.01. The molecule has 106 valence electrons. The Labute approximate surface area is 116 Å². The molecule has 0 saturated carbocycles. The number of rotatable bonds is 6. The van der Waals surface area contributed by atoms with Gasteiger partial charge < -0.3 is 14.6 Å². The molecule has 0 aliphatic heterocycles. The van der Waals surface area contributed by atoms with Crippen LogP contribution in [-0.2, 0) is 11.2 Å². The first-order chi connectivity index (χ1) is 9.74. The highest BCUT2D eigenvalue weighted by atomic mass is 19.1. The van der Waals surface area contributed by atoms with Gasteiger partial charge in [-0.1, -0.05) is 18.2 Å². The maximum atomic E-state index is 13.8. The van der Waals surface area contributed by atoms with Gasteiger partial charge in [0.25, 0.3) is 0 Å². The molecule has 4 nitrogen and oxygen atoms in total. The number of aliphatic hydroxyl groups is 1. The molecule has 2 aromatic rings. The number of hydrogen-bond donors (Lipinski definition) is 1. The van der Waals surface area contributed by atoms with Crippen molar-refractivity contribution in [1.82, 2.24) is 4.98 Å². The third kappa shape index (κ3) is 3.53. The summed E-state index contributed by atoms with van der Waals surface area (Å²) in [6.45, 7) is 0.0368. The van der Waals surface area contributed by atoms with Crippen LogP contribution in [-0.4, -0.2) is 30.6 Å². The molecular formula is C15H16FNO3. The fourth-order valence-corrected chi connectivity index (χ4v) is 1.81. The van der Waals surface area contributed by atoms with E-state index in [1.807, 2.05) is 0 Å². The Kier molecular flexibility index (Phi) is 5.03. The molecule has 0 fully saturated rings. The lowest BCUT2D eigenvalue weighted by atomic mass is 10.1. The average molecular weight is 277 g/mol. The summed E-state index contributed by atoms with van der Waals surface area (Å²) in [6, 6.07) is 10.1. The van der Waals surface area contributed by atoms with Gasteiger partial charge >= 0.3 is 0 Å². The number of aromatic nitrogens is 1. The van der Waals surface area contributed by atoms with E-state index in [1.165, 1.54) is 13.2 Å². The number of pyridine rings is 1. The summed E-state index contributed by atoms with van der Waals surface area (Å²) in [7, 11) is 1.53. The Hall–Kier alpha value is -1.98. The summed E-state index contributed by atoms with van der Waals surface area (Å²) in [5.74, 6) is 0.0748. The predicted octanol–water partition coefficient (Wildman–Crippen LogP) is 2.41. The minimum Gasteiger partial charge on any atom is -0.451 e. The van der Waals surface area contributed by atoms with Crippen molar-refractivity contribution in [3.05, 3.63) is 47.8 Å². The summed E-state index contributed by atoms with van der Waals surface area (Å²) >= 11 is 0. The van der Waals surface area contributed by atoms with Crippen LogP contribution in [0.5, 0.6) is 5.88 Å². The van der Waals surface area contributed by atoms with Crippen LogP contribution in [0.1, 0.15) is 5.56 Å². The van der Waals surface area contributed by atoms with Crippen molar-refractivity contribution in [3.63, 3.8) is 0 Å². The van der Waals surface area contributed by atoms with Crippen LogP contribution < -0.4 is 4.74 Å². The van der Waals surface area contributed by atoms with Crippen LogP contribution in [0.25, 0.3) is 11.3 Å². The molecule has 0 unspecified atom stereocenters. The van der Waals surface area contributed by atoms with Crippen LogP contribution in [0.2, 0.25) is 0 Å². The number of methoxy groups -OCH3 is 1. The minimum atomic E-state index is -0.346. The first-order valence-electron chi connectivity index (χ1n) is 6.23. The molecule has 20 heavy (non-hydrogen) atoms. The fraction of sp³-hybridized carbons (Fsp3) is 0.267. The smallest absolute Gasteiger partial charge is 0.216 e. The van der Waals surface area contributed by atoms with E-state index < -0.39 is 0 Å². The number of aliphatic hydroxyl groups excluding tert-OH is 1. The fourth-order valence-electron chi connectivity index (χ4n) is 1.81. The Morgan fingerprint density at radius 3 is 2.80 bits per heavy atom. The zero-order chi connectivity index (χ0) is 14.4. The van der Waals surface area contributed by atoms with Gasteiger partial charge in [0.05, 0.1) is 5.69 Å². The van der Waals surface area contributed by atoms with E-state index >= 15 is 0 Å². The second-order valence-corrected chi connectivity index (χ2v) is 4.19. The first kappa shape index (κ1) is 14.4. The highest BCUT2D eigenvalue weighted by Gasteiger charge is 2.07. The van der Waals surface area contributed by atoms with Gasteiger partial charge in [-0.25, -0.2) is 9.37 Å². The third-order valence-electron chi connectivity index (χ3n) is 2.78. The summed E-state index contributed by atoms with van der Waals surface area (Å²) in [5, 5.41) is 8.84. The van der Waals surface area contributed by atoms with E-state index in [0.717, 1.165) is 0 Å². The maximum absolute atomic E-state index is 13.8. The van der Waals surface area contributed by atoms with E-state index in [1.54, 1.807) is 30.3 Å². The number of halogens is 1. The largest absolute Gasteiger partial charge is 0.451 e. The standard InChI is InChI=1S/C15H16FNO3/c1-19-10-20-15-4-2-3-14(17-15)12-6-5-11(7-8-18)13(16)9-12/h2-6,9,18H,7-8,10H2,1H3. The van der Waals surface area contributed by atoms with E-state index in [0.29, 0.717) is 29.1 Å². The zero-order valence-electron chi connectivity index (χ0n) is 11.2. The molecule has 1 heterocycles.